The maximum atomic E-state index is 5.62. The fourth-order valence-corrected chi connectivity index (χ4v) is 7.07. The monoisotopic (exact) mass is 556 g/mol. The Labute approximate surface area is 250 Å². The summed E-state index contributed by atoms with van der Waals surface area (Å²) in [5.74, 6) is 0. The smallest absolute Gasteiger partial charge is 0.0922 e. The highest BCUT2D eigenvalue weighted by atomic mass is 14.9. The van der Waals surface area contributed by atoms with Gasteiger partial charge in [-0.25, -0.2) is 4.99 Å². The van der Waals surface area contributed by atoms with E-state index in [9.17, 15) is 0 Å². The summed E-state index contributed by atoms with van der Waals surface area (Å²) in [6.45, 7) is 20.1. The summed E-state index contributed by atoms with van der Waals surface area (Å²) in [6.07, 6.45) is 10.4. The second-order valence-electron chi connectivity index (χ2n) is 12.6. The summed E-state index contributed by atoms with van der Waals surface area (Å²) >= 11 is 0. The van der Waals surface area contributed by atoms with E-state index in [0.717, 1.165) is 53.5 Å². The maximum Gasteiger partial charge on any atom is 0.0922 e. The summed E-state index contributed by atoms with van der Waals surface area (Å²) in [5.41, 5.74) is 18.3. The van der Waals surface area contributed by atoms with Crippen molar-refractivity contribution in [2.45, 2.75) is 93.5 Å². The number of aryl methyl sites for hydroxylation is 1. The minimum atomic E-state index is -0.366. The van der Waals surface area contributed by atoms with Gasteiger partial charge in [0, 0.05) is 34.9 Å². The van der Waals surface area contributed by atoms with Crippen LogP contribution >= 0.6 is 0 Å². The van der Waals surface area contributed by atoms with Gasteiger partial charge < -0.3 is 9.97 Å². The molecule has 216 valence electrons. The van der Waals surface area contributed by atoms with Gasteiger partial charge in [-0.3, -0.25) is 4.99 Å². The van der Waals surface area contributed by atoms with Crippen LogP contribution in [0.25, 0.3) is 12.2 Å². The molecule has 0 saturated carbocycles. The van der Waals surface area contributed by atoms with Crippen molar-refractivity contribution in [3.05, 3.63) is 114 Å². The molecule has 1 unspecified atom stereocenters. The molecule has 0 amide bonds. The first-order valence-electron chi connectivity index (χ1n) is 15.5. The predicted molar refractivity (Wildman–Crippen MR) is 178 cm³/mol. The Morgan fingerprint density at radius 1 is 0.738 bits per heavy atom. The summed E-state index contributed by atoms with van der Waals surface area (Å²) in [4.78, 5) is 18.5. The lowest BCUT2D eigenvalue weighted by Crippen LogP contribution is -2.33. The number of aromatic nitrogens is 2. The molecule has 3 aliphatic heterocycles. The van der Waals surface area contributed by atoms with Gasteiger partial charge in [-0.2, -0.15) is 0 Å². The predicted octanol–water partition coefficient (Wildman–Crippen LogP) is 7.14. The average molecular weight is 557 g/mol. The van der Waals surface area contributed by atoms with E-state index in [1.54, 1.807) is 0 Å². The molecule has 8 bridgehead atoms. The van der Waals surface area contributed by atoms with Crippen molar-refractivity contribution in [2.75, 3.05) is 0 Å². The van der Waals surface area contributed by atoms with Gasteiger partial charge in [0.15, 0.2) is 0 Å². The van der Waals surface area contributed by atoms with Gasteiger partial charge in [0.2, 0.25) is 0 Å². The Morgan fingerprint density at radius 2 is 1.48 bits per heavy atom. The molecule has 3 aromatic rings. The van der Waals surface area contributed by atoms with Crippen molar-refractivity contribution in [1.29, 1.82) is 0 Å². The van der Waals surface area contributed by atoms with Crippen LogP contribution in [0.5, 0.6) is 0 Å². The highest BCUT2D eigenvalue weighted by Gasteiger charge is 2.39. The lowest BCUT2D eigenvalue weighted by atomic mass is 9.80. The van der Waals surface area contributed by atoms with Gasteiger partial charge in [0.1, 0.15) is 0 Å². The number of nitrogens with one attached hydrogen (secondary N) is 2. The van der Waals surface area contributed by atoms with Gasteiger partial charge in [0.25, 0.3) is 0 Å². The summed E-state index contributed by atoms with van der Waals surface area (Å²) < 4.78 is 0. The molecule has 0 radical (unpaired) electrons. The Balaban J connectivity index is 1.65. The van der Waals surface area contributed by atoms with Crippen molar-refractivity contribution in [2.24, 2.45) is 9.98 Å². The van der Waals surface area contributed by atoms with E-state index in [-0.39, 0.29) is 5.54 Å². The molecule has 4 heteroatoms. The van der Waals surface area contributed by atoms with E-state index in [1.807, 2.05) is 0 Å². The van der Waals surface area contributed by atoms with E-state index in [4.69, 9.17) is 9.98 Å². The molecule has 5 heterocycles. The average Bonchev–Trinajstić information content (AvgIpc) is 3.59. The molecule has 0 aliphatic carbocycles. The van der Waals surface area contributed by atoms with Crippen molar-refractivity contribution in [3.8, 4) is 0 Å². The van der Waals surface area contributed by atoms with Gasteiger partial charge >= 0.3 is 0 Å². The van der Waals surface area contributed by atoms with Crippen LogP contribution in [0, 0.1) is 27.7 Å². The minimum Gasteiger partial charge on any atom is -0.358 e. The number of nitrogens with zero attached hydrogens (tertiary/aromatic N) is 2. The minimum absolute atomic E-state index is 0.366. The highest BCUT2D eigenvalue weighted by Crippen LogP contribution is 2.40. The number of aromatic amines is 2. The van der Waals surface area contributed by atoms with Crippen molar-refractivity contribution < 1.29 is 0 Å². The van der Waals surface area contributed by atoms with E-state index in [1.165, 1.54) is 67.1 Å². The molecular formula is C38H44N4. The third-order valence-corrected chi connectivity index (χ3v) is 10.2. The molecule has 1 atom stereocenters. The third kappa shape index (κ3) is 4.52. The Kier molecular flexibility index (Phi) is 7.00. The van der Waals surface area contributed by atoms with Crippen LogP contribution < -0.4 is 10.7 Å². The maximum absolute atomic E-state index is 5.62. The largest absolute Gasteiger partial charge is 0.358 e. The van der Waals surface area contributed by atoms with Crippen molar-refractivity contribution in [3.63, 3.8) is 0 Å². The standard InChI is InChI=1S/C38H44N4/c1-10-29-25(7)32-16-31-22(4)23(5)37(41-31)20-38(19-28-14-12-21(3)13-15-28)27(9)24(6)34(42-38)17-33-26(8)30(11-2)36(40-33)18-35(29)39-32/h12-18,39,41H,10-11,19-20H2,1-9H3/b32-16?,33-17?,35-18-. The molecule has 2 N–H and O–H groups in total. The van der Waals surface area contributed by atoms with Gasteiger partial charge in [0.05, 0.1) is 22.7 Å². The number of rotatable bonds is 4. The van der Waals surface area contributed by atoms with E-state index < -0.39 is 0 Å². The van der Waals surface area contributed by atoms with Crippen LogP contribution in [0.15, 0.2) is 68.3 Å². The Bertz CT molecular complexity index is 1890. The number of allylic oxidation sites excluding steroid dienone is 4. The van der Waals surface area contributed by atoms with Gasteiger partial charge in [-0.1, -0.05) is 43.7 Å². The normalized spacial score (nSPS) is 20.8. The fourth-order valence-electron chi connectivity index (χ4n) is 7.07. The number of H-pyrrole nitrogens is 2. The second-order valence-corrected chi connectivity index (χ2v) is 12.6. The number of benzene rings is 1. The molecule has 6 rings (SSSR count). The summed E-state index contributed by atoms with van der Waals surface area (Å²) in [5, 5.41) is 2.33. The second kappa shape index (κ2) is 10.4. The zero-order chi connectivity index (χ0) is 29.9. The van der Waals surface area contributed by atoms with Crippen LogP contribution in [-0.2, 0) is 19.3 Å². The lowest BCUT2D eigenvalue weighted by molar-refractivity contribution is 0.496. The van der Waals surface area contributed by atoms with Crippen molar-refractivity contribution in [1.82, 2.24) is 9.97 Å². The molecule has 1 aromatic carbocycles. The quantitative estimate of drug-likeness (QED) is 0.343. The van der Waals surface area contributed by atoms with Gasteiger partial charge in [-0.15, -0.1) is 0 Å². The first-order chi connectivity index (χ1) is 20.0. The summed E-state index contributed by atoms with van der Waals surface area (Å²) in [7, 11) is 0. The Hall–Kier alpha value is -3.92. The molecule has 42 heavy (non-hydrogen) atoms. The number of fused-ring (bicyclic) bond motifs is 6. The first kappa shape index (κ1) is 28.2. The zero-order valence-electron chi connectivity index (χ0n) is 26.8. The SMILES string of the molecule is CCC1=C(C)C2=CC3=NC(Cc4ccc(C)cc4)(Cc4[nH]c(c(C)c4C)C=c4[nH]/c(c(CC)c4C)=C\C1=N2)C(C)=C3C. The van der Waals surface area contributed by atoms with Gasteiger partial charge in [-0.05, 0) is 130 Å². The van der Waals surface area contributed by atoms with Crippen LogP contribution in [0.4, 0.5) is 0 Å². The lowest BCUT2D eigenvalue weighted by Gasteiger charge is -2.29. The van der Waals surface area contributed by atoms with Crippen LogP contribution in [0.2, 0.25) is 0 Å². The van der Waals surface area contributed by atoms with E-state index in [0.29, 0.717) is 0 Å². The number of aliphatic imine (C=N–C) groups is 2. The molecular weight excluding hydrogens is 512 g/mol. The molecule has 3 aliphatic rings. The molecule has 2 aromatic heterocycles. The van der Waals surface area contributed by atoms with Crippen LogP contribution in [0.1, 0.15) is 85.8 Å². The third-order valence-electron chi connectivity index (χ3n) is 10.2. The first-order valence-corrected chi connectivity index (χ1v) is 15.5. The topological polar surface area (TPSA) is 56.3 Å². The fraction of sp³-hybridized carbons (Fsp3) is 0.368. The molecule has 0 fully saturated rings. The van der Waals surface area contributed by atoms with E-state index >= 15 is 0 Å². The van der Waals surface area contributed by atoms with Crippen molar-refractivity contribution >= 4 is 23.6 Å². The zero-order valence-corrected chi connectivity index (χ0v) is 26.8. The molecule has 0 saturated heterocycles. The summed E-state index contributed by atoms with van der Waals surface area (Å²) in [6, 6.07) is 8.97. The Morgan fingerprint density at radius 3 is 2.17 bits per heavy atom. The van der Waals surface area contributed by atoms with Crippen LogP contribution in [0.3, 0.4) is 0 Å². The molecule has 0 spiro atoms. The van der Waals surface area contributed by atoms with E-state index in [2.05, 4.69) is 115 Å². The number of hydrogen-bond donors (Lipinski definition) is 2. The molecule has 4 nitrogen and oxygen atoms in total. The van der Waals surface area contributed by atoms with Crippen LogP contribution in [-0.4, -0.2) is 26.9 Å². The number of hydrogen-bond acceptors (Lipinski definition) is 2. The highest BCUT2D eigenvalue weighted by molar-refractivity contribution is 6.24.